The quantitative estimate of drug-likeness (QED) is 0.930. The van der Waals surface area contributed by atoms with E-state index in [9.17, 15) is 4.79 Å². The van der Waals surface area contributed by atoms with E-state index in [4.69, 9.17) is 5.73 Å². The fraction of sp³-hybridized carbons (Fsp3) is 0.417. The van der Waals surface area contributed by atoms with Crippen LogP contribution in [0.4, 0.5) is 0 Å². The monoisotopic (exact) mass is 320 g/mol. The second-order valence-corrected chi connectivity index (χ2v) is 4.77. The topological polar surface area (TPSA) is 46.3 Å². The average molecular weight is 322 g/mol. The van der Waals surface area contributed by atoms with Crippen LogP contribution in [0.1, 0.15) is 22.8 Å². The number of benzene rings is 1. The number of rotatable bonds is 3. The average Bonchev–Trinajstić information content (AvgIpc) is 2.29. The second-order valence-electron chi connectivity index (χ2n) is 3.91. The van der Waals surface area contributed by atoms with Crippen LogP contribution in [-0.4, -0.2) is 30.4 Å². The smallest absolute Gasteiger partial charge is 0.254 e. The minimum Gasteiger partial charge on any atom is -0.338 e. The van der Waals surface area contributed by atoms with Gasteiger partial charge < -0.3 is 10.6 Å². The standard InChI is InChI=1S/C12H17BrN2O.ClH/c1-8(7-14)15(3)12(16)10-5-4-6-11(13)9(10)2;/h4-6,8H,7,14H2,1-3H3;1H. The molecule has 1 unspecified atom stereocenters. The van der Waals surface area contributed by atoms with Crippen molar-refractivity contribution in [1.82, 2.24) is 4.90 Å². The number of halogens is 2. The summed E-state index contributed by atoms with van der Waals surface area (Å²) in [4.78, 5) is 13.8. The summed E-state index contributed by atoms with van der Waals surface area (Å²) >= 11 is 3.42. The molecule has 96 valence electrons. The molecule has 2 N–H and O–H groups in total. The van der Waals surface area contributed by atoms with E-state index >= 15 is 0 Å². The summed E-state index contributed by atoms with van der Waals surface area (Å²) in [6.07, 6.45) is 0. The van der Waals surface area contributed by atoms with E-state index in [1.54, 1.807) is 11.9 Å². The van der Waals surface area contributed by atoms with Gasteiger partial charge >= 0.3 is 0 Å². The van der Waals surface area contributed by atoms with Crippen LogP contribution in [0.2, 0.25) is 0 Å². The largest absolute Gasteiger partial charge is 0.338 e. The highest BCUT2D eigenvalue weighted by molar-refractivity contribution is 9.10. The van der Waals surface area contributed by atoms with Crippen LogP contribution in [0.3, 0.4) is 0 Å². The van der Waals surface area contributed by atoms with Crippen molar-refractivity contribution in [3.05, 3.63) is 33.8 Å². The van der Waals surface area contributed by atoms with Crippen molar-refractivity contribution >= 4 is 34.2 Å². The third kappa shape index (κ3) is 3.69. The van der Waals surface area contributed by atoms with Crippen molar-refractivity contribution in [2.75, 3.05) is 13.6 Å². The van der Waals surface area contributed by atoms with Crippen LogP contribution in [0.5, 0.6) is 0 Å². The molecule has 0 aliphatic rings. The molecule has 3 nitrogen and oxygen atoms in total. The van der Waals surface area contributed by atoms with Crippen LogP contribution in [0.15, 0.2) is 22.7 Å². The number of carbonyl (C=O) groups is 1. The highest BCUT2D eigenvalue weighted by atomic mass is 79.9. The van der Waals surface area contributed by atoms with Gasteiger partial charge in [-0.2, -0.15) is 0 Å². The highest BCUT2D eigenvalue weighted by Gasteiger charge is 2.18. The van der Waals surface area contributed by atoms with Gasteiger partial charge in [0.25, 0.3) is 5.91 Å². The summed E-state index contributed by atoms with van der Waals surface area (Å²) < 4.78 is 0.951. The molecule has 1 amide bonds. The number of amides is 1. The minimum atomic E-state index is 0. The molecule has 0 aromatic heterocycles. The first-order valence-corrected chi connectivity index (χ1v) is 6.00. The molecule has 1 atom stereocenters. The van der Waals surface area contributed by atoms with Gasteiger partial charge in [0.2, 0.25) is 0 Å². The number of carbonyl (C=O) groups excluding carboxylic acids is 1. The van der Waals surface area contributed by atoms with Gasteiger partial charge in [0, 0.05) is 29.7 Å². The lowest BCUT2D eigenvalue weighted by molar-refractivity contribution is 0.0747. The molecule has 0 aliphatic heterocycles. The zero-order valence-electron chi connectivity index (χ0n) is 10.2. The Morgan fingerprint density at radius 3 is 2.65 bits per heavy atom. The van der Waals surface area contributed by atoms with Crippen molar-refractivity contribution in [3.8, 4) is 0 Å². The SMILES string of the molecule is Cc1c(Br)cccc1C(=O)N(C)C(C)CN.Cl. The molecule has 0 aliphatic carbocycles. The van der Waals surface area contributed by atoms with Crippen LogP contribution >= 0.6 is 28.3 Å². The Labute approximate surface area is 117 Å². The fourth-order valence-electron chi connectivity index (χ4n) is 1.39. The van der Waals surface area contributed by atoms with Crippen molar-refractivity contribution in [2.45, 2.75) is 19.9 Å². The van der Waals surface area contributed by atoms with Gasteiger partial charge in [0.1, 0.15) is 0 Å². The van der Waals surface area contributed by atoms with Gasteiger partial charge in [-0.15, -0.1) is 12.4 Å². The van der Waals surface area contributed by atoms with Gasteiger partial charge in [-0.3, -0.25) is 4.79 Å². The van der Waals surface area contributed by atoms with E-state index in [0.717, 1.165) is 15.6 Å². The molecule has 0 spiro atoms. The first-order valence-electron chi connectivity index (χ1n) is 5.21. The van der Waals surface area contributed by atoms with Crippen molar-refractivity contribution in [1.29, 1.82) is 0 Å². The summed E-state index contributed by atoms with van der Waals surface area (Å²) in [5.41, 5.74) is 7.23. The number of hydrogen-bond acceptors (Lipinski definition) is 2. The van der Waals surface area contributed by atoms with Crippen molar-refractivity contribution < 1.29 is 4.79 Å². The fourth-order valence-corrected chi connectivity index (χ4v) is 1.75. The van der Waals surface area contributed by atoms with E-state index in [1.165, 1.54) is 0 Å². The predicted octanol–water partition coefficient (Wildman–Crippen LogP) is 2.60. The zero-order chi connectivity index (χ0) is 12.3. The van der Waals surface area contributed by atoms with Gasteiger partial charge in [0.05, 0.1) is 0 Å². The predicted molar refractivity (Wildman–Crippen MR) is 76.7 cm³/mol. The molecule has 0 heterocycles. The maximum atomic E-state index is 12.2. The summed E-state index contributed by atoms with van der Waals surface area (Å²) in [7, 11) is 1.78. The minimum absolute atomic E-state index is 0. The Balaban J connectivity index is 0.00000256. The normalized spacial score (nSPS) is 11.6. The first-order chi connectivity index (χ1) is 7.49. The van der Waals surface area contributed by atoms with Gasteiger partial charge in [-0.25, -0.2) is 0 Å². The number of nitrogens with two attached hydrogens (primary N) is 1. The van der Waals surface area contributed by atoms with Gasteiger partial charge in [-0.1, -0.05) is 22.0 Å². The second kappa shape index (κ2) is 6.99. The van der Waals surface area contributed by atoms with E-state index in [-0.39, 0.29) is 24.4 Å². The Hall–Kier alpha value is -0.580. The molecule has 5 heteroatoms. The maximum absolute atomic E-state index is 12.2. The number of hydrogen-bond donors (Lipinski definition) is 1. The summed E-state index contributed by atoms with van der Waals surface area (Å²) in [5, 5.41) is 0. The van der Waals surface area contributed by atoms with E-state index in [0.29, 0.717) is 6.54 Å². The van der Waals surface area contributed by atoms with Crippen LogP contribution in [0.25, 0.3) is 0 Å². The van der Waals surface area contributed by atoms with E-state index in [1.807, 2.05) is 32.0 Å². The summed E-state index contributed by atoms with van der Waals surface area (Å²) in [5.74, 6) is 0.0109. The molecule has 0 radical (unpaired) electrons. The summed E-state index contributed by atoms with van der Waals surface area (Å²) in [6.45, 7) is 4.33. The lowest BCUT2D eigenvalue weighted by atomic mass is 10.1. The van der Waals surface area contributed by atoms with Crippen LogP contribution in [-0.2, 0) is 0 Å². The Bertz CT molecular complexity index is 398. The molecular weight excluding hydrogens is 304 g/mol. The molecular formula is C12H18BrClN2O. The highest BCUT2D eigenvalue weighted by Crippen LogP contribution is 2.20. The molecule has 1 rings (SSSR count). The first kappa shape index (κ1) is 16.4. The number of nitrogens with zero attached hydrogens (tertiary/aromatic N) is 1. The third-order valence-corrected chi connectivity index (χ3v) is 3.68. The molecule has 0 fully saturated rings. The lowest BCUT2D eigenvalue weighted by Gasteiger charge is -2.24. The zero-order valence-corrected chi connectivity index (χ0v) is 12.6. The van der Waals surface area contributed by atoms with Crippen molar-refractivity contribution in [3.63, 3.8) is 0 Å². The Morgan fingerprint density at radius 2 is 2.12 bits per heavy atom. The molecule has 1 aromatic carbocycles. The Morgan fingerprint density at radius 1 is 1.53 bits per heavy atom. The summed E-state index contributed by atoms with van der Waals surface area (Å²) in [6, 6.07) is 5.68. The molecule has 0 saturated heterocycles. The van der Waals surface area contributed by atoms with Gasteiger partial charge in [-0.05, 0) is 31.5 Å². The van der Waals surface area contributed by atoms with E-state index in [2.05, 4.69) is 15.9 Å². The van der Waals surface area contributed by atoms with Crippen molar-refractivity contribution in [2.24, 2.45) is 5.73 Å². The molecule has 0 saturated carbocycles. The van der Waals surface area contributed by atoms with E-state index < -0.39 is 0 Å². The molecule has 0 bridgehead atoms. The Kier molecular flexibility index (Phi) is 6.75. The third-order valence-electron chi connectivity index (χ3n) is 2.82. The van der Waals surface area contributed by atoms with Crippen LogP contribution < -0.4 is 5.73 Å². The molecule has 17 heavy (non-hydrogen) atoms. The lowest BCUT2D eigenvalue weighted by Crippen LogP contribution is -2.40. The number of likely N-dealkylation sites (N-methyl/N-ethyl adjacent to an activating group) is 1. The maximum Gasteiger partial charge on any atom is 0.254 e. The molecule has 1 aromatic rings. The van der Waals surface area contributed by atoms with Gasteiger partial charge in [0.15, 0.2) is 0 Å². The van der Waals surface area contributed by atoms with Crippen LogP contribution in [0, 0.1) is 6.92 Å².